The molecule has 3 aliphatic rings. The molecule has 176 valence electrons. The first kappa shape index (κ1) is 23.2. The molecule has 0 spiro atoms. The van der Waals surface area contributed by atoms with E-state index in [-0.39, 0.29) is 31.3 Å². The molecule has 0 bridgehead atoms. The Morgan fingerprint density at radius 3 is 2.56 bits per heavy atom. The Labute approximate surface area is 190 Å². The number of fused-ring (bicyclic) bond motifs is 1. The van der Waals surface area contributed by atoms with Gasteiger partial charge in [-0.3, -0.25) is 9.69 Å². The Hall–Kier alpha value is -1.92. The van der Waals surface area contributed by atoms with Crippen molar-refractivity contribution in [2.24, 2.45) is 0 Å². The van der Waals surface area contributed by atoms with Crippen LogP contribution in [-0.2, 0) is 25.5 Å². The zero-order valence-electron chi connectivity index (χ0n) is 17.8. The maximum absolute atomic E-state index is 10.8. The summed E-state index contributed by atoms with van der Waals surface area (Å²) in [6.07, 6.45) is -0.0115. The molecule has 0 unspecified atom stereocenters. The average molecular weight is 468 g/mol. The van der Waals surface area contributed by atoms with E-state index in [0.717, 1.165) is 55.4 Å². The van der Waals surface area contributed by atoms with Gasteiger partial charge in [0, 0.05) is 31.1 Å². The summed E-state index contributed by atoms with van der Waals surface area (Å²) in [5, 5.41) is 18.7. The predicted octanol–water partition coefficient (Wildman–Crippen LogP) is 1.16. The molecule has 10 nitrogen and oxygen atoms in total. The average Bonchev–Trinajstić information content (AvgIpc) is 3.35. The number of piperazine rings is 1. The summed E-state index contributed by atoms with van der Waals surface area (Å²) in [6, 6.07) is 7.87. The molecular weight excluding hydrogens is 438 g/mol. The van der Waals surface area contributed by atoms with Crippen LogP contribution < -0.4 is 0 Å². The van der Waals surface area contributed by atoms with Gasteiger partial charge in [0.25, 0.3) is 5.09 Å². The summed E-state index contributed by atoms with van der Waals surface area (Å²) in [4.78, 5) is 32.1. The summed E-state index contributed by atoms with van der Waals surface area (Å²) in [5.41, 5.74) is 0.822. The zero-order chi connectivity index (χ0) is 22.5. The lowest BCUT2D eigenvalue weighted by Gasteiger charge is -2.38. The highest BCUT2D eigenvalue weighted by molar-refractivity contribution is 7.99. The Morgan fingerprint density at radius 2 is 1.88 bits per heavy atom. The Kier molecular flexibility index (Phi) is 7.84. The summed E-state index contributed by atoms with van der Waals surface area (Å²) in [5.74, 6) is 0.208. The van der Waals surface area contributed by atoms with E-state index in [1.165, 1.54) is 0 Å². The molecule has 0 radical (unpaired) electrons. The largest absolute Gasteiger partial charge is 0.481 e. The molecule has 0 saturated carbocycles. The van der Waals surface area contributed by atoms with Crippen molar-refractivity contribution in [1.82, 2.24) is 9.80 Å². The second-order valence-electron chi connectivity index (χ2n) is 8.32. The first-order valence-electron chi connectivity index (χ1n) is 10.9. The quantitative estimate of drug-likeness (QED) is 0.233. The van der Waals surface area contributed by atoms with Crippen LogP contribution in [0.1, 0.15) is 12.0 Å². The van der Waals surface area contributed by atoms with Crippen LogP contribution in [0.2, 0.25) is 0 Å². The molecule has 32 heavy (non-hydrogen) atoms. The second-order valence-corrected chi connectivity index (χ2v) is 9.49. The number of carboxylic acid groups (broad SMARTS) is 1. The van der Waals surface area contributed by atoms with Gasteiger partial charge < -0.3 is 24.3 Å². The van der Waals surface area contributed by atoms with E-state index in [4.69, 9.17) is 19.4 Å². The molecule has 1 N–H and O–H groups in total. The fourth-order valence-electron chi connectivity index (χ4n) is 4.63. The zero-order valence-corrected chi connectivity index (χ0v) is 18.7. The maximum atomic E-state index is 10.8. The topological polar surface area (TPSA) is 115 Å². The van der Waals surface area contributed by atoms with Crippen molar-refractivity contribution in [3.8, 4) is 0 Å². The third-order valence-corrected chi connectivity index (χ3v) is 7.34. The number of aliphatic carboxylic acids is 1. The van der Waals surface area contributed by atoms with Gasteiger partial charge in [0.1, 0.15) is 12.2 Å². The highest BCUT2D eigenvalue weighted by Crippen LogP contribution is 2.32. The number of carbonyl (C=O) groups is 1. The molecule has 1 aromatic rings. The van der Waals surface area contributed by atoms with Gasteiger partial charge in [-0.15, -0.1) is 21.9 Å². The van der Waals surface area contributed by atoms with E-state index in [0.29, 0.717) is 6.61 Å². The molecule has 1 aromatic carbocycles. The van der Waals surface area contributed by atoms with Gasteiger partial charge in [0.05, 0.1) is 25.7 Å². The fraction of sp³-hybridized carbons (Fsp3) is 0.667. The van der Waals surface area contributed by atoms with Gasteiger partial charge in [-0.05, 0) is 36.4 Å². The third-order valence-electron chi connectivity index (χ3n) is 6.25. The molecule has 3 aliphatic heterocycles. The standard InChI is InChI=1S/C21H29N3O7S/c25-19(26)12-15-2-4-16(5-3-15)32-11-1-6-22-7-9-23(10-8-22)17-13-29-21-18(31-24(27)28)14-30-20(17)21/h2-5,17-18,20-21H,1,6-14H2,(H,25,26)/t17-,18-,20+,21+/m0/s1. The minimum Gasteiger partial charge on any atom is -0.481 e. The Bertz CT molecular complexity index is 788. The van der Waals surface area contributed by atoms with Crippen molar-refractivity contribution in [2.75, 3.05) is 51.7 Å². The van der Waals surface area contributed by atoms with E-state index in [2.05, 4.69) is 9.80 Å². The number of rotatable bonds is 10. The minimum atomic E-state index is -0.811. The maximum Gasteiger partial charge on any atom is 0.307 e. The number of hydrogen-bond donors (Lipinski definition) is 1. The van der Waals surface area contributed by atoms with Gasteiger partial charge in [0.15, 0.2) is 6.10 Å². The van der Waals surface area contributed by atoms with Gasteiger partial charge >= 0.3 is 5.97 Å². The lowest BCUT2D eigenvalue weighted by atomic mass is 10.1. The highest BCUT2D eigenvalue weighted by Gasteiger charge is 2.51. The van der Waals surface area contributed by atoms with Crippen molar-refractivity contribution >= 4 is 17.7 Å². The van der Waals surface area contributed by atoms with E-state index in [1.807, 2.05) is 24.3 Å². The lowest BCUT2D eigenvalue weighted by molar-refractivity contribution is -0.769. The van der Waals surface area contributed by atoms with Crippen molar-refractivity contribution in [2.45, 2.75) is 42.1 Å². The second kappa shape index (κ2) is 10.8. The lowest BCUT2D eigenvalue weighted by Crippen LogP contribution is -2.54. The molecule has 4 rings (SSSR count). The van der Waals surface area contributed by atoms with Crippen molar-refractivity contribution in [1.29, 1.82) is 0 Å². The van der Waals surface area contributed by atoms with Crippen LogP contribution in [0.15, 0.2) is 29.2 Å². The van der Waals surface area contributed by atoms with Crippen LogP contribution in [-0.4, -0.2) is 102 Å². The van der Waals surface area contributed by atoms with Crippen molar-refractivity contribution < 1.29 is 29.3 Å². The molecule has 3 saturated heterocycles. The van der Waals surface area contributed by atoms with Gasteiger partial charge in [-0.25, -0.2) is 0 Å². The van der Waals surface area contributed by atoms with E-state index in [1.54, 1.807) is 11.8 Å². The molecule has 0 aliphatic carbocycles. The van der Waals surface area contributed by atoms with E-state index < -0.39 is 17.2 Å². The smallest absolute Gasteiger partial charge is 0.307 e. The Balaban J connectivity index is 1.13. The molecular formula is C21H29N3O7S. The third kappa shape index (κ3) is 5.90. The van der Waals surface area contributed by atoms with Crippen LogP contribution in [0.25, 0.3) is 0 Å². The minimum absolute atomic E-state index is 0.0602. The normalized spacial score (nSPS) is 28.5. The number of hydrogen-bond acceptors (Lipinski definition) is 9. The first-order valence-corrected chi connectivity index (χ1v) is 11.9. The summed E-state index contributed by atoms with van der Waals surface area (Å²) in [6.45, 7) is 5.59. The van der Waals surface area contributed by atoms with Crippen LogP contribution in [0, 0.1) is 10.1 Å². The molecule has 11 heteroatoms. The molecule has 3 heterocycles. The van der Waals surface area contributed by atoms with E-state index in [9.17, 15) is 14.9 Å². The van der Waals surface area contributed by atoms with Gasteiger partial charge in [-0.2, -0.15) is 0 Å². The monoisotopic (exact) mass is 467 g/mol. The first-order chi connectivity index (χ1) is 15.5. The summed E-state index contributed by atoms with van der Waals surface area (Å²) in [7, 11) is 0. The Morgan fingerprint density at radius 1 is 1.16 bits per heavy atom. The predicted molar refractivity (Wildman–Crippen MR) is 116 cm³/mol. The summed E-state index contributed by atoms with van der Waals surface area (Å²) >= 11 is 1.79. The highest BCUT2D eigenvalue weighted by atomic mass is 32.2. The number of thioether (sulfide) groups is 1. The number of nitrogens with zero attached hydrogens (tertiary/aromatic N) is 3. The molecule has 4 atom stereocenters. The van der Waals surface area contributed by atoms with Crippen LogP contribution in [0.5, 0.6) is 0 Å². The van der Waals surface area contributed by atoms with E-state index >= 15 is 0 Å². The van der Waals surface area contributed by atoms with Crippen LogP contribution >= 0.6 is 11.8 Å². The molecule has 3 fully saturated rings. The summed E-state index contributed by atoms with van der Waals surface area (Å²) < 4.78 is 11.6. The van der Waals surface area contributed by atoms with Gasteiger partial charge in [0.2, 0.25) is 0 Å². The number of benzene rings is 1. The van der Waals surface area contributed by atoms with Crippen LogP contribution in [0.3, 0.4) is 0 Å². The number of carboxylic acids is 1. The number of ether oxygens (including phenoxy) is 2. The van der Waals surface area contributed by atoms with Gasteiger partial charge in [-0.1, -0.05) is 12.1 Å². The van der Waals surface area contributed by atoms with Crippen molar-refractivity contribution in [3.05, 3.63) is 39.9 Å². The van der Waals surface area contributed by atoms with Crippen LogP contribution in [0.4, 0.5) is 0 Å². The molecule has 0 amide bonds. The fourth-order valence-corrected chi connectivity index (χ4v) is 5.47. The SMILES string of the molecule is O=C(O)Cc1ccc(SCCCN2CCN([C@H]3CO[C@H]4[C@@H]3OC[C@@H]4O[N+](=O)[O-])CC2)cc1. The molecule has 0 aromatic heterocycles. The van der Waals surface area contributed by atoms with Crippen molar-refractivity contribution in [3.63, 3.8) is 0 Å².